The second-order valence-electron chi connectivity index (χ2n) is 4.84. The topological polar surface area (TPSA) is 23.8 Å². The molecule has 0 atom stereocenters. The molecule has 0 aliphatic carbocycles. The molecule has 0 saturated heterocycles. The van der Waals surface area contributed by atoms with Crippen LogP contribution in [0.4, 0.5) is 0 Å². The summed E-state index contributed by atoms with van der Waals surface area (Å²) >= 11 is 0. The van der Waals surface area contributed by atoms with E-state index in [1.54, 1.807) is 0 Å². The maximum absolute atomic E-state index is 8.79. The molecule has 0 spiro atoms. The molecule has 20 heavy (non-hydrogen) atoms. The third-order valence-electron chi connectivity index (χ3n) is 3.37. The second kappa shape index (κ2) is 8.76. The van der Waals surface area contributed by atoms with Crippen molar-refractivity contribution >= 4 is 0 Å². The van der Waals surface area contributed by atoms with Crippen molar-refractivity contribution < 1.29 is 22.4 Å². The zero-order valence-corrected chi connectivity index (χ0v) is 13.2. The zero-order chi connectivity index (χ0) is 13.5. The van der Waals surface area contributed by atoms with Gasteiger partial charge in [-0.15, -0.1) is 0 Å². The summed E-state index contributed by atoms with van der Waals surface area (Å²) in [6.45, 7) is 2.23. The van der Waals surface area contributed by atoms with Crippen molar-refractivity contribution in [2.24, 2.45) is 0 Å². The molecule has 0 unspecified atom stereocenters. The Kier molecular flexibility index (Phi) is 7.33. The van der Waals surface area contributed by atoms with Crippen LogP contribution < -0.4 is 0 Å². The van der Waals surface area contributed by atoms with Gasteiger partial charge in [0.05, 0.1) is 11.6 Å². The van der Waals surface area contributed by atoms with Crippen molar-refractivity contribution in [2.45, 2.75) is 32.6 Å². The number of unbranched alkanes of at least 4 members (excludes halogenated alkanes) is 2. The Bertz CT molecular complexity index is 549. The van der Waals surface area contributed by atoms with Crippen LogP contribution in [-0.2, 0) is 28.8 Å². The molecule has 2 aromatic rings. The quantitative estimate of drug-likeness (QED) is 0.548. The minimum atomic E-state index is 0. The van der Waals surface area contributed by atoms with Gasteiger partial charge in [0.1, 0.15) is 0 Å². The number of nitriles is 1. The van der Waals surface area contributed by atoms with Crippen molar-refractivity contribution in [1.29, 1.82) is 5.26 Å². The maximum atomic E-state index is 8.79. The van der Waals surface area contributed by atoms with Crippen molar-refractivity contribution in [3.63, 3.8) is 0 Å². The number of hydrogen-bond acceptors (Lipinski definition) is 1. The van der Waals surface area contributed by atoms with E-state index in [1.807, 2.05) is 24.3 Å². The van der Waals surface area contributed by atoms with E-state index in [0.29, 0.717) is 5.56 Å². The smallest absolute Gasteiger partial charge is 0.192 e. The van der Waals surface area contributed by atoms with Crippen molar-refractivity contribution in [3.8, 4) is 17.2 Å². The van der Waals surface area contributed by atoms with Crippen LogP contribution in [0.2, 0.25) is 0 Å². The summed E-state index contributed by atoms with van der Waals surface area (Å²) in [6, 6.07) is 18.6. The van der Waals surface area contributed by atoms with Gasteiger partial charge in [-0.3, -0.25) is 0 Å². The third kappa shape index (κ3) is 4.65. The van der Waals surface area contributed by atoms with Crippen molar-refractivity contribution in [1.82, 2.24) is 0 Å². The predicted octanol–water partition coefficient (Wildman–Crippen LogP) is 4.96. The van der Waals surface area contributed by atoms with E-state index in [0.717, 1.165) is 0 Å². The fourth-order valence-electron chi connectivity index (χ4n) is 2.18. The SMILES string of the molecule is CCCCCc1ccc(-c2ccc(C#N)cc2)cc1.[Ag+]. The standard InChI is InChI=1S/C18H19N.Ag/c1-2-3-4-5-15-6-10-17(11-7-15)18-12-8-16(14-19)9-13-18;/h6-13H,2-5H2,1H3;/q;+1. The molecule has 0 N–H and O–H groups in total. The van der Waals surface area contributed by atoms with Crippen LogP contribution in [0.15, 0.2) is 48.5 Å². The molecule has 0 amide bonds. The van der Waals surface area contributed by atoms with E-state index in [-0.39, 0.29) is 22.4 Å². The van der Waals surface area contributed by atoms with Crippen LogP contribution >= 0.6 is 0 Å². The molecule has 0 aliphatic rings. The first-order chi connectivity index (χ1) is 9.33. The molecular formula is C18H19AgN+. The molecule has 0 bridgehead atoms. The Labute approximate surface area is 137 Å². The van der Waals surface area contributed by atoms with E-state index in [4.69, 9.17) is 5.26 Å². The van der Waals surface area contributed by atoms with Crippen molar-refractivity contribution in [2.75, 3.05) is 0 Å². The summed E-state index contributed by atoms with van der Waals surface area (Å²) in [5, 5.41) is 8.79. The number of benzene rings is 2. The molecule has 2 heteroatoms. The van der Waals surface area contributed by atoms with Gasteiger partial charge >= 0.3 is 22.4 Å². The van der Waals surface area contributed by atoms with Gasteiger partial charge in [0.25, 0.3) is 0 Å². The summed E-state index contributed by atoms with van der Waals surface area (Å²) in [4.78, 5) is 0. The molecule has 2 rings (SSSR count). The van der Waals surface area contributed by atoms with E-state index in [2.05, 4.69) is 37.3 Å². The maximum Gasteiger partial charge on any atom is 1.00 e. The Morgan fingerprint density at radius 2 is 1.40 bits per heavy atom. The van der Waals surface area contributed by atoms with E-state index < -0.39 is 0 Å². The van der Waals surface area contributed by atoms with E-state index >= 15 is 0 Å². The minimum Gasteiger partial charge on any atom is -0.192 e. The normalized spacial score (nSPS) is 9.60. The van der Waals surface area contributed by atoms with Gasteiger partial charge in [0.2, 0.25) is 0 Å². The Morgan fingerprint density at radius 1 is 0.850 bits per heavy atom. The molecule has 0 saturated carbocycles. The summed E-state index contributed by atoms with van der Waals surface area (Å²) in [5.74, 6) is 0. The fraction of sp³-hybridized carbons (Fsp3) is 0.278. The zero-order valence-electron chi connectivity index (χ0n) is 11.7. The summed E-state index contributed by atoms with van der Waals surface area (Å²) < 4.78 is 0. The molecule has 0 aliphatic heterocycles. The van der Waals surface area contributed by atoms with Gasteiger partial charge in [-0.25, -0.2) is 0 Å². The molecule has 106 valence electrons. The Hall–Kier alpha value is -1.33. The predicted molar refractivity (Wildman–Crippen MR) is 79.8 cm³/mol. The fourth-order valence-corrected chi connectivity index (χ4v) is 2.18. The third-order valence-corrected chi connectivity index (χ3v) is 3.37. The van der Waals surface area contributed by atoms with Crippen LogP contribution in [0.5, 0.6) is 0 Å². The number of hydrogen-bond donors (Lipinski definition) is 0. The molecular weight excluding hydrogens is 338 g/mol. The number of nitrogens with zero attached hydrogens (tertiary/aromatic N) is 1. The molecule has 0 heterocycles. The van der Waals surface area contributed by atoms with E-state index in [1.165, 1.54) is 42.4 Å². The van der Waals surface area contributed by atoms with Gasteiger partial charge in [-0.05, 0) is 41.7 Å². The summed E-state index contributed by atoms with van der Waals surface area (Å²) in [7, 11) is 0. The monoisotopic (exact) mass is 356 g/mol. The van der Waals surface area contributed by atoms with Crippen LogP contribution in [0.3, 0.4) is 0 Å². The largest absolute Gasteiger partial charge is 1.00 e. The summed E-state index contributed by atoms with van der Waals surface area (Å²) in [6.07, 6.45) is 5.01. The first kappa shape index (κ1) is 16.7. The Morgan fingerprint density at radius 3 is 1.90 bits per heavy atom. The first-order valence-electron chi connectivity index (χ1n) is 6.93. The molecule has 1 nitrogen and oxygen atoms in total. The van der Waals surface area contributed by atoms with Gasteiger partial charge in [0.15, 0.2) is 0 Å². The molecule has 0 fully saturated rings. The average Bonchev–Trinajstić information content (AvgIpc) is 2.48. The van der Waals surface area contributed by atoms with E-state index in [9.17, 15) is 0 Å². The molecule has 2 aromatic carbocycles. The Balaban J connectivity index is 0.00000200. The average molecular weight is 357 g/mol. The van der Waals surface area contributed by atoms with Gasteiger partial charge < -0.3 is 0 Å². The van der Waals surface area contributed by atoms with Gasteiger partial charge in [0, 0.05) is 0 Å². The number of aryl methyl sites for hydroxylation is 1. The van der Waals surface area contributed by atoms with Crippen LogP contribution in [0.25, 0.3) is 11.1 Å². The molecule has 0 radical (unpaired) electrons. The second-order valence-corrected chi connectivity index (χ2v) is 4.84. The van der Waals surface area contributed by atoms with Crippen LogP contribution in [0.1, 0.15) is 37.3 Å². The first-order valence-corrected chi connectivity index (χ1v) is 6.93. The molecule has 0 aromatic heterocycles. The van der Waals surface area contributed by atoms with Gasteiger partial charge in [-0.2, -0.15) is 5.26 Å². The van der Waals surface area contributed by atoms with Gasteiger partial charge in [-0.1, -0.05) is 56.2 Å². The van der Waals surface area contributed by atoms with Crippen LogP contribution in [-0.4, -0.2) is 0 Å². The van der Waals surface area contributed by atoms with Crippen LogP contribution in [0, 0.1) is 11.3 Å². The van der Waals surface area contributed by atoms with Crippen molar-refractivity contribution in [3.05, 3.63) is 59.7 Å². The number of rotatable bonds is 5. The summed E-state index contributed by atoms with van der Waals surface area (Å²) in [5.41, 5.74) is 4.49. The minimum absolute atomic E-state index is 0.